The van der Waals surface area contributed by atoms with Crippen molar-refractivity contribution < 1.29 is 4.79 Å². The fourth-order valence-corrected chi connectivity index (χ4v) is 3.51. The zero-order valence-corrected chi connectivity index (χ0v) is 12.1. The molecule has 3 rings (SSSR count). The van der Waals surface area contributed by atoms with E-state index in [1.165, 1.54) is 44.1 Å². The summed E-state index contributed by atoms with van der Waals surface area (Å²) < 4.78 is 0. The fraction of sp³-hybridized carbons (Fsp3) is 0.667. The molecule has 0 spiro atoms. The molecule has 3 nitrogen and oxygen atoms in total. The molecule has 4 heteroatoms. The van der Waals surface area contributed by atoms with Gasteiger partial charge >= 0.3 is 0 Å². The van der Waals surface area contributed by atoms with Gasteiger partial charge in [0, 0.05) is 18.6 Å². The fourth-order valence-electron chi connectivity index (χ4n) is 2.85. The SMILES string of the molecule is O=C(CNC1CCCC1)N(Cc1ccsc1)C1CC1. The van der Waals surface area contributed by atoms with Crippen LogP contribution < -0.4 is 5.32 Å². The molecule has 2 saturated carbocycles. The van der Waals surface area contributed by atoms with E-state index in [1.807, 2.05) is 0 Å². The summed E-state index contributed by atoms with van der Waals surface area (Å²) in [6.07, 6.45) is 7.46. The summed E-state index contributed by atoms with van der Waals surface area (Å²) in [4.78, 5) is 14.4. The summed E-state index contributed by atoms with van der Waals surface area (Å²) in [5.41, 5.74) is 1.27. The van der Waals surface area contributed by atoms with Gasteiger partial charge in [-0.1, -0.05) is 12.8 Å². The van der Waals surface area contributed by atoms with Crippen molar-refractivity contribution in [1.82, 2.24) is 10.2 Å². The van der Waals surface area contributed by atoms with Crippen LogP contribution in [0.1, 0.15) is 44.1 Å². The lowest BCUT2D eigenvalue weighted by atomic mass is 10.2. The molecular formula is C15H22N2OS. The van der Waals surface area contributed by atoms with Gasteiger partial charge in [-0.05, 0) is 48.1 Å². The Morgan fingerprint density at radius 3 is 2.74 bits per heavy atom. The third-order valence-electron chi connectivity index (χ3n) is 4.14. The van der Waals surface area contributed by atoms with E-state index in [-0.39, 0.29) is 5.91 Å². The number of thiophene rings is 1. The Hall–Kier alpha value is -0.870. The van der Waals surface area contributed by atoms with E-state index in [2.05, 4.69) is 27.0 Å². The molecule has 0 atom stereocenters. The van der Waals surface area contributed by atoms with E-state index >= 15 is 0 Å². The molecule has 1 N–H and O–H groups in total. The van der Waals surface area contributed by atoms with E-state index in [0.717, 1.165) is 6.54 Å². The highest BCUT2D eigenvalue weighted by atomic mass is 32.1. The van der Waals surface area contributed by atoms with Gasteiger partial charge in [0.25, 0.3) is 0 Å². The standard InChI is InChI=1S/C15H22N2OS/c18-15(9-16-13-3-1-2-4-13)17(14-5-6-14)10-12-7-8-19-11-12/h7-8,11,13-14,16H,1-6,9-10H2. The number of hydrogen-bond donors (Lipinski definition) is 1. The second-order valence-corrected chi connectivity index (χ2v) is 6.53. The average Bonchev–Trinajstić information content (AvgIpc) is 2.94. The van der Waals surface area contributed by atoms with E-state index in [0.29, 0.717) is 18.6 Å². The van der Waals surface area contributed by atoms with Crippen molar-refractivity contribution in [3.63, 3.8) is 0 Å². The first-order valence-electron chi connectivity index (χ1n) is 7.37. The summed E-state index contributed by atoms with van der Waals surface area (Å²) in [7, 11) is 0. The van der Waals surface area contributed by atoms with Crippen LogP contribution in [-0.4, -0.2) is 29.4 Å². The van der Waals surface area contributed by atoms with E-state index in [1.54, 1.807) is 11.3 Å². The Morgan fingerprint density at radius 1 is 1.32 bits per heavy atom. The van der Waals surface area contributed by atoms with Gasteiger partial charge in [0.2, 0.25) is 5.91 Å². The first-order valence-corrected chi connectivity index (χ1v) is 8.31. The predicted octanol–water partition coefficient (Wildman–Crippen LogP) is 2.77. The van der Waals surface area contributed by atoms with Gasteiger partial charge < -0.3 is 10.2 Å². The lowest BCUT2D eigenvalue weighted by Gasteiger charge is -2.23. The first-order chi connectivity index (χ1) is 9.33. The Kier molecular flexibility index (Phi) is 4.18. The van der Waals surface area contributed by atoms with E-state index in [9.17, 15) is 4.79 Å². The molecule has 0 bridgehead atoms. The largest absolute Gasteiger partial charge is 0.334 e. The molecule has 2 fully saturated rings. The highest BCUT2D eigenvalue weighted by Gasteiger charge is 2.32. The van der Waals surface area contributed by atoms with Crippen molar-refractivity contribution >= 4 is 17.2 Å². The van der Waals surface area contributed by atoms with Gasteiger partial charge in [-0.2, -0.15) is 11.3 Å². The molecule has 0 aliphatic heterocycles. The topological polar surface area (TPSA) is 32.3 Å². The molecule has 1 heterocycles. The number of carbonyl (C=O) groups excluding carboxylic acids is 1. The monoisotopic (exact) mass is 278 g/mol. The number of carbonyl (C=O) groups is 1. The van der Waals surface area contributed by atoms with Gasteiger partial charge in [-0.15, -0.1) is 0 Å². The first kappa shape index (κ1) is 13.1. The van der Waals surface area contributed by atoms with Crippen LogP contribution in [0.3, 0.4) is 0 Å². The number of nitrogens with one attached hydrogen (secondary N) is 1. The Labute approximate surface area is 119 Å². The quantitative estimate of drug-likeness (QED) is 0.868. The lowest BCUT2D eigenvalue weighted by Crippen LogP contribution is -2.41. The minimum absolute atomic E-state index is 0.278. The van der Waals surface area contributed by atoms with Crippen molar-refractivity contribution in [2.24, 2.45) is 0 Å². The summed E-state index contributed by atoms with van der Waals surface area (Å²) >= 11 is 1.71. The van der Waals surface area contributed by atoms with Crippen LogP contribution in [-0.2, 0) is 11.3 Å². The maximum absolute atomic E-state index is 12.4. The van der Waals surface area contributed by atoms with E-state index < -0.39 is 0 Å². The number of hydrogen-bond acceptors (Lipinski definition) is 3. The van der Waals surface area contributed by atoms with Gasteiger partial charge in [0.15, 0.2) is 0 Å². The number of amides is 1. The van der Waals surface area contributed by atoms with Crippen LogP contribution in [0.5, 0.6) is 0 Å². The number of nitrogens with zero attached hydrogens (tertiary/aromatic N) is 1. The van der Waals surface area contributed by atoms with Crippen LogP contribution in [0.15, 0.2) is 16.8 Å². The third kappa shape index (κ3) is 3.57. The molecule has 0 radical (unpaired) electrons. The van der Waals surface area contributed by atoms with Crippen molar-refractivity contribution in [3.8, 4) is 0 Å². The zero-order valence-electron chi connectivity index (χ0n) is 11.3. The number of rotatable bonds is 6. The van der Waals surface area contributed by atoms with Gasteiger partial charge in [0.1, 0.15) is 0 Å². The van der Waals surface area contributed by atoms with Gasteiger partial charge in [0.05, 0.1) is 6.54 Å². The summed E-state index contributed by atoms with van der Waals surface area (Å²) in [6.45, 7) is 1.31. The Bertz CT molecular complexity index is 408. The van der Waals surface area contributed by atoms with Crippen LogP contribution in [0, 0.1) is 0 Å². The second-order valence-electron chi connectivity index (χ2n) is 5.75. The normalized spacial score (nSPS) is 19.8. The summed E-state index contributed by atoms with van der Waals surface area (Å²) in [5.74, 6) is 0.278. The second kappa shape index (κ2) is 6.06. The molecule has 19 heavy (non-hydrogen) atoms. The highest BCUT2D eigenvalue weighted by Crippen LogP contribution is 2.28. The molecular weight excluding hydrogens is 256 g/mol. The highest BCUT2D eigenvalue weighted by molar-refractivity contribution is 7.07. The third-order valence-corrected chi connectivity index (χ3v) is 4.87. The minimum Gasteiger partial charge on any atom is -0.334 e. The van der Waals surface area contributed by atoms with E-state index in [4.69, 9.17) is 0 Å². The predicted molar refractivity (Wildman–Crippen MR) is 78.1 cm³/mol. The minimum atomic E-state index is 0.278. The van der Waals surface area contributed by atoms with Crippen LogP contribution in [0.2, 0.25) is 0 Å². The average molecular weight is 278 g/mol. The summed E-state index contributed by atoms with van der Waals surface area (Å²) in [5, 5.41) is 7.67. The molecule has 1 amide bonds. The van der Waals surface area contributed by atoms with Crippen molar-refractivity contribution in [2.75, 3.05) is 6.54 Å². The maximum Gasteiger partial charge on any atom is 0.237 e. The zero-order chi connectivity index (χ0) is 13.1. The van der Waals surface area contributed by atoms with Crippen molar-refractivity contribution in [3.05, 3.63) is 22.4 Å². The van der Waals surface area contributed by atoms with Gasteiger partial charge in [-0.25, -0.2) is 0 Å². The molecule has 1 aromatic rings. The smallest absolute Gasteiger partial charge is 0.237 e. The summed E-state index contributed by atoms with van der Waals surface area (Å²) in [6, 6.07) is 3.20. The molecule has 0 saturated heterocycles. The van der Waals surface area contributed by atoms with Crippen LogP contribution >= 0.6 is 11.3 Å². The molecule has 0 unspecified atom stereocenters. The van der Waals surface area contributed by atoms with Crippen molar-refractivity contribution in [1.29, 1.82) is 0 Å². The molecule has 2 aliphatic carbocycles. The Balaban J connectivity index is 1.52. The maximum atomic E-state index is 12.4. The Morgan fingerprint density at radius 2 is 2.11 bits per heavy atom. The van der Waals surface area contributed by atoms with Crippen molar-refractivity contribution in [2.45, 2.75) is 57.2 Å². The molecule has 104 valence electrons. The van der Waals surface area contributed by atoms with Crippen LogP contribution in [0.4, 0.5) is 0 Å². The molecule has 0 aromatic carbocycles. The van der Waals surface area contributed by atoms with Crippen LogP contribution in [0.25, 0.3) is 0 Å². The molecule has 2 aliphatic rings. The lowest BCUT2D eigenvalue weighted by molar-refractivity contribution is -0.131. The van der Waals surface area contributed by atoms with Gasteiger partial charge in [-0.3, -0.25) is 4.79 Å². The molecule has 1 aromatic heterocycles.